The van der Waals surface area contributed by atoms with Gasteiger partial charge in [0.25, 0.3) is 0 Å². The van der Waals surface area contributed by atoms with E-state index in [1.54, 1.807) is 0 Å². The van der Waals surface area contributed by atoms with Crippen LogP contribution in [0.25, 0.3) is 0 Å². The van der Waals surface area contributed by atoms with E-state index in [9.17, 15) is 4.79 Å². The van der Waals surface area contributed by atoms with Crippen molar-refractivity contribution in [2.45, 2.75) is 32.9 Å². The number of carbonyl (C=O) groups excluding carboxylic acids is 1. The smallest absolute Gasteiger partial charge is 0.224 e. The molecule has 1 aromatic heterocycles. The Balaban J connectivity index is 1.47. The summed E-state index contributed by atoms with van der Waals surface area (Å²) in [5.74, 6) is 1.28. The van der Waals surface area contributed by atoms with Crippen LogP contribution in [0.15, 0.2) is 54.7 Å². The fraction of sp³-hybridized carbons (Fsp3) is 0.455. The monoisotopic (exact) mass is 366 g/mol. The van der Waals surface area contributed by atoms with Crippen molar-refractivity contribution in [1.82, 2.24) is 14.8 Å². The molecule has 0 radical (unpaired) electrons. The molecular formula is C22H30N4O. The normalized spacial score (nSPS) is 15.1. The zero-order valence-electron chi connectivity index (χ0n) is 16.4. The second kappa shape index (κ2) is 9.51. The van der Waals surface area contributed by atoms with Crippen LogP contribution in [-0.2, 0) is 11.3 Å². The maximum absolute atomic E-state index is 12.8. The van der Waals surface area contributed by atoms with Crippen molar-refractivity contribution in [3.05, 3.63) is 60.3 Å². The van der Waals surface area contributed by atoms with Gasteiger partial charge in [-0.15, -0.1) is 0 Å². The summed E-state index contributed by atoms with van der Waals surface area (Å²) in [7, 11) is 0. The number of aromatic nitrogens is 1. The van der Waals surface area contributed by atoms with Gasteiger partial charge in [-0.1, -0.05) is 36.4 Å². The average molecular weight is 367 g/mol. The minimum absolute atomic E-state index is 0.207. The van der Waals surface area contributed by atoms with Crippen molar-refractivity contribution in [3.63, 3.8) is 0 Å². The molecule has 0 unspecified atom stereocenters. The second-order valence-corrected chi connectivity index (χ2v) is 7.37. The molecule has 0 saturated carbocycles. The van der Waals surface area contributed by atoms with Gasteiger partial charge < -0.3 is 9.80 Å². The van der Waals surface area contributed by atoms with Gasteiger partial charge in [0.1, 0.15) is 5.82 Å². The first-order chi connectivity index (χ1) is 13.1. The molecule has 0 bridgehead atoms. The highest BCUT2D eigenvalue weighted by atomic mass is 16.2. The molecule has 1 fully saturated rings. The van der Waals surface area contributed by atoms with Crippen LogP contribution in [0.2, 0.25) is 0 Å². The summed E-state index contributed by atoms with van der Waals surface area (Å²) in [6.07, 6.45) is 2.42. The van der Waals surface area contributed by atoms with E-state index in [-0.39, 0.29) is 11.9 Å². The first-order valence-electron chi connectivity index (χ1n) is 9.85. The Morgan fingerprint density at radius 3 is 2.37 bits per heavy atom. The quantitative estimate of drug-likeness (QED) is 0.755. The van der Waals surface area contributed by atoms with Crippen molar-refractivity contribution in [2.24, 2.45) is 0 Å². The van der Waals surface area contributed by atoms with Crippen LogP contribution in [0.3, 0.4) is 0 Å². The fourth-order valence-corrected chi connectivity index (χ4v) is 3.48. The van der Waals surface area contributed by atoms with E-state index in [4.69, 9.17) is 0 Å². The van der Waals surface area contributed by atoms with E-state index in [1.165, 1.54) is 5.56 Å². The summed E-state index contributed by atoms with van der Waals surface area (Å²) in [4.78, 5) is 23.9. The minimum atomic E-state index is 0.207. The average Bonchev–Trinajstić information content (AvgIpc) is 2.72. The Bertz CT molecular complexity index is 697. The Hall–Kier alpha value is -2.40. The maximum atomic E-state index is 12.8. The molecule has 2 heterocycles. The summed E-state index contributed by atoms with van der Waals surface area (Å²) >= 11 is 0. The first kappa shape index (κ1) is 19.4. The van der Waals surface area contributed by atoms with E-state index < -0.39 is 0 Å². The standard InChI is InChI=1S/C22H30N4O/c1-19(2)26(18-20-8-4-3-5-9-20)22(27)11-13-24-14-16-25(17-15-24)21-10-6-7-12-23-21/h3-10,12,19H,11,13-18H2,1-2H3. The molecule has 1 saturated heterocycles. The van der Waals surface area contributed by atoms with Gasteiger partial charge in [-0.05, 0) is 31.5 Å². The molecule has 1 amide bonds. The molecule has 0 N–H and O–H groups in total. The van der Waals surface area contributed by atoms with Gasteiger partial charge in [0.15, 0.2) is 0 Å². The third-order valence-corrected chi connectivity index (χ3v) is 5.13. The fourth-order valence-electron chi connectivity index (χ4n) is 3.48. The van der Waals surface area contributed by atoms with E-state index in [0.717, 1.165) is 38.5 Å². The van der Waals surface area contributed by atoms with Gasteiger partial charge in [0.05, 0.1) is 0 Å². The van der Waals surface area contributed by atoms with Crippen LogP contribution >= 0.6 is 0 Å². The van der Waals surface area contributed by atoms with Crippen molar-refractivity contribution >= 4 is 11.7 Å². The lowest BCUT2D eigenvalue weighted by Gasteiger charge is -2.35. The summed E-state index contributed by atoms with van der Waals surface area (Å²) in [6, 6.07) is 16.5. The second-order valence-electron chi connectivity index (χ2n) is 7.37. The third kappa shape index (κ3) is 5.54. The van der Waals surface area contributed by atoms with Crippen molar-refractivity contribution in [3.8, 4) is 0 Å². The predicted octanol–water partition coefficient (Wildman–Crippen LogP) is 3.03. The Morgan fingerprint density at radius 1 is 1.04 bits per heavy atom. The Morgan fingerprint density at radius 2 is 1.74 bits per heavy atom. The number of amides is 1. The molecular weight excluding hydrogens is 336 g/mol. The highest BCUT2D eigenvalue weighted by Gasteiger charge is 2.21. The number of carbonyl (C=O) groups is 1. The van der Waals surface area contributed by atoms with Crippen LogP contribution < -0.4 is 4.90 Å². The van der Waals surface area contributed by atoms with Gasteiger partial charge in [-0.25, -0.2) is 4.98 Å². The number of nitrogens with zero attached hydrogens (tertiary/aromatic N) is 4. The topological polar surface area (TPSA) is 39.7 Å². The summed E-state index contributed by atoms with van der Waals surface area (Å²) in [5.41, 5.74) is 1.18. The third-order valence-electron chi connectivity index (χ3n) is 5.13. The number of benzene rings is 1. The van der Waals surface area contributed by atoms with Gasteiger partial charge in [-0.3, -0.25) is 9.69 Å². The molecule has 144 valence electrons. The van der Waals surface area contributed by atoms with Crippen LogP contribution in [-0.4, -0.2) is 59.5 Å². The lowest BCUT2D eigenvalue weighted by atomic mass is 10.1. The molecule has 0 aliphatic carbocycles. The Labute approximate surface area is 162 Å². The molecule has 2 aromatic rings. The van der Waals surface area contributed by atoms with Gasteiger partial charge >= 0.3 is 0 Å². The molecule has 1 aliphatic heterocycles. The largest absolute Gasteiger partial charge is 0.354 e. The molecule has 0 atom stereocenters. The van der Waals surface area contributed by atoms with Crippen LogP contribution in [0.5, 0.6) is 0 Å². The number of hydrogen-bond donors (Lipinski definition) is 0. The first-order valence-corrected chi connectivity index (χ1v) is 9.85. The maximum Gasteiger partial charge on any atom is 0.224 e. The molecule has 1 aromatic carbocycles. The van der Waals surface area contributed by atoms with Gasteiger partial charge in [-0.2, -0.15) is 0 Å². The SMILES string of the molecule is CC(C)N(Cc1ccccc1)C(=O)CCN1CCN(c2ccccn2)CC1. The van der Waals surface area contributed by atoms with Gasteiger partial charge in [0, 0.05) is 57.9 Å². The minimum Gasteiger partial charge on any atom is -0.354 e. The lowest BCUT2D eigenvalue weighted by Crippen LogP contribution is -2.48. The Kier molecular flexibility index (Phi) is 6.82. The number of pyridine rings is 1. The van der Waals surface area contributed by atoms with Crippen LogP contribution in [0.4, 0.5) is 5.82 Å². The zero-order valence-corrected chi connectivity index (χ0v) is 16.4. The number of anilines is 1. The summed E-state index contributed by atoms with van der Waals surface area (Å²) < 4.78 is 0. The van der Waals surface area contributed by atoms with E-state index in [2.05, 4.69) is 46.8 Å². The lowest BCUT2D eigenvalue weighted by molar-refractivity contribution is -0.133. The molecule has 0 spiro atoms. The van der Waals surface area contributed by atoms with Crippen molar-refractivity contribution in [1.29, 1.82) is 0 Å². The van der Waals surface area contributed by atoms with E-state index in [0.29, 0.717) is 13.0 Å². The van der Waals surface area contributed by atoms with Gasteiger partial charge in [0.2, 0.25) is 5.91 Å². The highest BCUT2D eigenvalue weighted by molar-refractivity contribution is 5.76. The number of hydrogen-bond acceptors (Lipinski definition) is 4. The highest BCUT2D eigenvalue weighted by Crippen LogP contribution is 2.14. The summed E-state index contributed by atoms with van der Waals surface area (Å²) in [5, 5.41) is 0. The van der Waals surface area contributed by atoms with Crippen LogP contribution in [0, 0.1) is 0 Å². The number of rotatable bonds is 7. The molecule has 27 heavy (non-hydrogen) atoms. The molecule has 5 heteroatoms. The molecule has 5 nitrogen and oxygen atoms in total. The van der Waals surface area contributed by atoms with Crippen LogP contribution in [0.1, 0.15) is 25.8 Å². The predicted molar refractivity (Wildman–Crippen MR) is 110 cm³/mol. The zero-order chi connectivity index (χ0) is 19.1. The van der Waals surface area contributed by atoms with Crippen molar-refractivity contribution < 1.29 is 4.79 Å². The molecule has 3 rings (SSSR count). The molecule has 1 aliphatic rings. The van der Waals surface area contributed by atoms with E-state index >= 15 is 0 Å². The van der Waals surface area contributed by atoms with Crippen molar-refractivity contribution in [2.75, 3.05) is 37.6 Å². The number of piperazine rings is 1. The van der Waals surface area contributed by atoms with E-state index in [1.807, 2.05) is 41.4 Å². The summed E-state index contributed by atoms with van der Waals surface area (Å²) in [6.45, 7) is 9.57.